The zero-order chi connectivity index (χ0) is 17.3. The van der Waals surface area contributed by atoms with Gasteiger partial charge in [0.2, 0.25) is 0 Å². The van der Waals surface area contributed by atoms with Gasteiger partial charge in [0, 0.05) is 0 Å². The maximum absolute atomic E-state index is 9.94. The molecule has 2 fully saturated rings. The van der Waals surface area contributed by atoms with Crippen LogP contribution in [0, 0.1) is 0 Å². The van der Waals surface area contributed by atoms with Crippen molar-refractivity contribution in [2.75, 3.05) is 13.2 Å². The first-order valence-corrected chi connectivity index (χ1v) is 7.08. The molecule has 10 atom stereocenters. The molecule has 2 rings (SSSR count). The fourth-order valence-electron chi connectivity index (χ4n) is 2.57. The van der Waals surface area contributed by atoms with Gasteiger partial charge in [-0.25, -0.2) is 0 Å². The predicted octanol–water partition coefficient (Wildman–Crippen LogP) is -5.40. The van der Waals surface area contributed by atoms with Gasteiger partial charge in [-0.3, -0.25) is 0 Å². The van der Waals surface area contributed by atoms with Crippen LogP contribution >= 0.6 is 0 Å². The SMILES string of the molecule is OCC1O[C@@H](O[C@H]2C(O)C(O)C(O)O[C@H]2CO)[C@@H](O)C(O)[C@@H]1O. The number of aliphatic hydroxyl groups is 8. The third-order valence-electron chi connectivity index (χ3n) is 3.98. The van der Waals surface area contributed by atoms with Gasteiger partial charge in [0.1, 0.15) is 48.8 Å². The summed E-state index contributed by atoms with van der Waals surface area (Å²) in [6.07, 6.45) is -15.6. The van der Waals surface area contributed by atoms with Gasteiger partial charge in [-0.2, -0.15) is 0 Å². The van der Waals surface area contributed by atoms with E-state index < -0.39 is 74.6 Å². The van der Waals surface area contributed by atoms with Gasteiger partial charge < -0.3 is 55.1 Å². The van der Waals surface area contributed by atoms with Gasteiger partial charge in [0.15, 0.2) is 12.6 Å². The van der Waals surface area contributed by atoms with E-state index in [0.29, 0.717) is 0 Å². The molecule has 23 heavy (non-hydrogen) atoms. The molecule has 0 saturated carbocycles. The van der Waals surface area contributed by atoms with E-state index in [4.69, 9.17) is 19.3 Å². The van der Waals surface area contributed by atoms with Gasteiger partial charge in [-0.15, -0.1) is 0 Å². The molecule has 136 valence electrons. The Balaban J connectivity index is 2.11. The largest absolute Gasteiger partial charge is 0.394 e. The quantitative estimate of drug-likeness (QED) is 0.243. The lowest BCUT2D eigenvalue weighted by Gasteiger charge is -2.45. The lowest BCUT2D eigenvalue weighted by atomic mass is 9.97. The first-order chi connectivity index (χ1) is 10.8. The van der Waals surface area contributed by atoms with E-state index in [-0.39, 0.29) is 0 Å². The highest BCUT2D eigenvalue weighted by Crippen LogP contribution is 2.28. The van der Waals surface area contributed by atoms with Crippen LogP contribution in [0.15, 0.2) is 0 Å². The van der Waals surface area contributed by atoms with Crippen LogP contribution in [0.5, 0.6) is 0 Å². The molecule has 0 aromatic heterocycles. The molecule has 0 radical (unpaired) electrons. The van der Waals surface area contributed by atoms with Gasteiger partial charge in [-0.05, 0) is 0 Å². The van der Waals surface area contributed by atoms with Crippen molar-refractivity contribution in [1.82, 2.24) is 0 Å². The normalized spacial score (nSPS) is 51.7. The van der Waals surface area contributed by atoms with Crippen molar-refractivity contribution in [2.45, 2.75) is 61.4 Å². The second-order valence-electron chi connectivity index (χ2n) is 5.53. The van der Waals surface area contributed by atoms with Crippen LogP contribution in [0.3, 0.4) is 0 Å². The predicted molar refractivity (Wildman–Crippen MR) is 68.6 cm³/mol. The summed E-state index contributed by atoms with van der Waals surface area (Å²) in [6.45, 7) is -1.35. The minimum Gasteiger partial charge on any atom is -0.394 e. The van der Waals surface area contributed by atoms with Gasteiger partial charge >= 0.3 is 0 Å². The van der Waals surface area contributed by atoms with Crippen LogP contribution in [0.2, 0.25) is 0 Å². The highest BCUT2D eigenvalue weighted by Gasteiger charge is 2.50. The van der Waals surface area contributed by atoms with Crippen LogP contribution in [0.1, 0.15) is 0 Å². The summed E-state index contributed by atoms with van der Waals surface area (Å²) in [5.41, 5.74) is 0. The molecule has 2 saturated heterocycles. The minimum atomic E-state index is -1.74. The molecule has 0 aliphatic carbocycles. The van der Waals surface area contributed by atoms with Crippen LogP contribution in [0.25, 0.3) is 0 Å². The third-order valence-corrected chi connectivity index (χ3v) is 3.98. The second kappa shape index (κ2) is 7.63. The van der Waals surface area contributed by atoms with Crippen molar-refractivity contribution in [2.24, 2.45) is 0 Å². The Bertz CT molecular complexity index is 378. The molecule has 8 N–H and O–H groups in total. The van der Waals surface area contributed by atoms with E-state index in [0.717, 1.165) is 0 Å². The highest BCUT2D eigenvalue weighted by atomic mass is 16.7. The second-order valence-corrected chi connectivity index (χ2v) is 5.53. The zero-order valence-corrected chi connectivity index (χ0v) is 12.0. The number of hydrogen-bond donors (Lipinski definition) is 8. The smallest absolute Gasteiger partial charge is 0.187 e. The molecule has 11 heteroatoms. The van der Waals surface area contributed by atoms with Crippen molar-refractivity contribution < 1.29 is 55.1 Å². The monoisotopic (exact) mass is 342 g/mol. The summed E-state index contributed by atoms with van der Waals surface area (Å²) in [5.74, 6) is 0. The van der Waals surface area contributed by atoms with Crippen LogP contribution in [0.4, 0.5) is 0 Å². The van der Waals surface area contributed by atoms with Gasteiger partial charge in [-0.1, -0.05) is 0 Å². The first-order valence-electron chi connectivity index (χ1n) is 7.08. The zero-order valence-electron chi connectivity index (χ0n) is 12.0. The molecule has 2 heterocycles. The Morgan fingerprint density at radius 2 is 1.26 bits per heavy atom. The van der Waals surface area contributed by atoms with E-state index >= 15 is 0 Å². The minimum absolute atomic E-state index is 0.667. The summed E-state index contributed by atoms with van der Waals surface area (Å²) in [4.78, 5) is 0. The Labute approximate surface area is 130 Å². The standard InChI is InChI=1S/C12H22O11/c13-1-3-5(15)6(16)9(19)12(22-3)23-10-4(2-14)21-11(20)8(18)7(10)17/h3-20H,1-2H2/t3?,4-,5+,6?,7?,8?,9-,10+,11?,12-/m0/s1. The maximum atomic E-state index is 9.94. The average molecular weight is 342 g/mol. The van der Waals surface area contributed by atoms with Crippen LogP contribution in [-0.4, -0.2) is 115 Å². The molecular formula is C12H22O11. The summed E-state index contributed by atoms with van der Waals surface area (Å²) >= 11 is 0. The van der Waals surface area contributed by atoms with Crippen molar-refractivity contribution in [1.29, 1.82) is 0 Å². The van der Waals surface area contributed by atoms with E-state index in [1.807, 2.05) is 0 Å². The molecular weight excluding hydrogens is 320 g/mol. The molecule has 0 spiro atoms. The molecule has 11 nitrogen and oxygen atoms in total. The fraction of sp³-hybridized carbons (Fsp3) is 1.00. The van der Waals surface area contributed by atoms with E-state index in [2.05, 4.69) is 0 Å². The molecule has 0 aromatic carbocycles. The van der Waals surface area contributed by atoms with E-state index in [1.165, 1.54) is 0 Å². The molecule has 2 aliphatic rings. The summed E-state index contributed by atoms with van der Waals surface area (Å²) in [6, 6.07) is 0. The summed E-state index contributed by atoms with van der Waals surface area (Å²) in [7, 11) is 0. The fourth-order valence-corrected chi connectivity index (χ4v) is 2.57. The number of ether oxygens (including phenoxy) is 3. The van der Waals surface area contributed by atoms with Crippen molar-refractivity contribution >= 4 is 0 Å². The van der Waals surface area contributed by atoms with Gasteiger partial charge in [0.25, 0.3) is 0 Å². The maximum Gasteiger partial charge on any atom is 0.187 e. The Morgan fingerprint density at radius 1 is 0.652 bits per heavy atom. The first kappa shape index (κ1) is 18.9. The molecule has 5 unspecified atom stereocenters. The molecule has 0 amide bonds. The molecule has 0 aromatic rings. The number of rotatable bonds is 4. The Morgan fingerprint density at radius 3 is 1.83 bits per heavy atom. The number of hydrogen-bond acceptors (Lipinski definition) is 11. The van der Waals surface area contributed by atoms with Crippen LogP contribution < -0.4 is 0 Å². The van der Waals surface area contributed by atoms with E-state index in [1.54, 1.807) is 0 Å². The third kappa shape index (κ3) is 3.65. The Hall–Kier alpha value is -0.440. The van der Waals surface area contributed by atoms with Gasteiger partial charge in [0.05, 0.1) is 13.2 Å². The van der Waals surface area contributed by atoms with Crippen molar-refractivity contribution in [3.8, 4) is 0 Å². The lowest BCUT2D eigenvalue weighted by Crippen LogP contribution is -2.64. The Kier molecular flexibility index (Phi) is 6.27. The molecule has 0 bridgehead atoms. The van der Waals surface area contributed by atoms with Crippen molar-refractivity contribution in [3.05, 3.63) is 0 Å². The number of aliphatic hydroxyl groups excluding tert-OH is 8. The molecule has 2 aliphatic heterocycles. The summed E-state index contributed by atoms with van der Waals surface area (Å²) < 4.78 is 15.3. The summed E-state index contributed by atoms with van der Waals surface area (Å²) in [5, 5.41) is 76.5. The average Bonchev–Trinajstić information content (AvgIpc) is 2.55. The van der Waals surface area contributed by atoms with Crippen molar-refractivity contribution in [3.63, 3.8) is 0 Å². The lowest BCUT2D eigenvalue weighted by molar-refractivity contribution is -0.355. The van der Waals surface area contributed by atoms with E-state index in [9.17, 15) is 35.7 Å². The highest BCUT2D eigenvalue weighted by molar-refractivity contribution is 4.93. The van der Waals surface area contributed by atoms with Crippen LogP contribution in [-0.2, 0) is 14.2 Å². The topological polar surface area (TPSA) is 190 Å².